The van der Waals surface area contributed by atoms with E-state index in [-0.39, 0.29) is 0 Å². The van der Waals surface area contributed by atoms with Crippen LogP contribution in [0.15, 0.2) is 55.1 Å². The van der Waals surface area contributed by atoms with Crippen molar-refractivity contribution in [2.75, 3.05) is 19.0 Å². The van der Waals surface area contributed by atoms with E-state index in [0.29, 0.717) is 37.4 Å². The Morgan fingerprint density at radius 2 is 1.85 bits per heavy atom. The Morgan fingerprint density at radius 1 is 1.03 bits per heavy atom. The predicted octanol–water partition coefficient (Wildman–Crippen LogP) is 5.48. The molecule has 5 rings (SSSR count). The highest BCUT2D eigenvalue weighted by atomic mass is 16.5. The summed E-state index contributed by atoms with van der Waals surface area (Å²) in [4.78, 5) is 30.7. The van der Waals surface area contributed by atoms with E-state index in [4.69, 9.17) is 9.72 Å². The van der Waals surface area contributed by atoms with Gasteiger partial charge in [-0.1, -0.05) is 35.9 Å². The van der Waals surface area contributed by atoms with Crippen molar-refractivity contribution in [2.24, 2.45) is 0 Å². The fraction of sp³-hybridized carbons (Fsp3) is 0.345. The molecule has 1 amide bonds. The minimum atomic E-state index is -0.422. The SMILES string of the molecule is CNc1nc(-c2ccc(C)cc2)nc2c1ncn2CCCCOC(=O)NCc1ccc2ncn(C(C)C)c2c1. The molecule has 0 bridgehead atoms. The van der Waals surface area contributed by atoms with Crippen molar-refractivity contribution in [3.63, 3.8) is 0 Å². The molecule has 5 aromatic rings. The number of carbonyl (C=O) groups excluding carboxylic acids is 1. The van der Waals surface area contributed by atoms with Crippen LogP contribution in [-0.4, -0.2) is 48.8 Å². The maximum atomic E-state index is 12.2. The molecular formula is C29H34N8O2. The topological polar surface area (TPSA) is 112 Å². The number of imidazole rings is 2. The zero-order chi connectivity index (χ0) is 27.4. The Balaban J connectivity index is 1.13. The van der Waals surface area contributed by atoms with Crippen molar-refractivity contribution in [1.82, 2.24) is 34.4 Å². The standard InChI is InChI=1S/C29H34N8O2/c1-19(2)37-18-32-23-12-9-21(15-24(23)37)16-31-29(38)39-14-6-5-13-36-17-33-25-27(30-4)34-26(35-28(25)36)22-10-7-20(3)8-11-22/h7-12,15,17-19H,5-6,13-14,16H2,1-4H3,(H,31,38)(H,30,34,35). The lowest BCUT2D eigenvalue weighted by Crippen LogP contribution is -2.24. The number of aryl methyl sites for hydroxylation is 2. The second-order valence-corrected chi connectivity index (χ2v) is 9.89. The van der Waals surface area contributed by atoms with Crippen molar-refractivity contribution in [3.8, 4) is 11.4 Å². The zero-order valence-corrected chi connectivity index (χ0v) is 22.8. The highest BCUT2D eigenvalue weighted by Crippen LogP contribution is 2.24. The summed E-state index contributed by atoms with van der Waals surface area (Å²) < 4.78 is 9.54. The number of nitrogens with one attached hydrogen (secondary N) is 2. The number of carbonyl (C=O) groups is 1. The average molecular weight is 527 g/mol. The summed E-state index contributed by atoms with van der Waals surface area (Å²) in [5.41, 5.74) is 6.66. The fourth-order valence-corrected chi connectivity index (χ4v) is 4.48. The molecule has 0 saturated heterocycles. The molecule has 39 heavy (non-hydrogen) atoms. The first-order valence-corrected chi connectivity index (χ1v) is 13.3. The molecule has 0 radical (unpaired) electrons. The summed E-state index contributed by atoms with van der Waals surface area (Å²) in [5, 5.41) is 5.98. The number of aromatic nitrogens is 6. The van der Waals surface area contributed by atoms with Gasteiger partial charge in [0, 0.05) is 31.7 Å². The van der Waals surface area contributed by atoms with E-state index in [1.807, 2.05) is 42.2 Å². The number of amides is 1. The number of anilines is 1. The van der Waals surface area contributed by atoms with E-state index in [0.717, 1.165) is 46.2 Å². The van der Waals surface area contributed by atoms with Crippen LogP contribution in [0.1, 0.15) is 43.9 Å². The third-order valence-corrected chi connectivity index (χ3v) is 6.67. The van der Waals surface area contributed by atoms with Gasteiger partial charge in [-0.15, -0.1) is 0 Å². The van der Waals surface area contributed by atoms with Crippen molar-refractivity contribution in [2.45, 2.75) is 52.7 Å². The first-order chi connectivity index (χ1) is 18.9. The molecule has 0 fully saturated rings. The number of alkyl carbamates (subject to hydrolysis) is 1. The van der Waals surface area contributed by atoms with E-state index < -0.39 is 6.09 Å². The normalized spacial score (nSPS) is 11.4. The van der Waals surface area contributed by atoms with Gasteiger partial charge in [0.05, 0.1) is 30.3 Å². The predicted molar refractivity (Wildman–Crippen MR) is 153 cm³/mol. The molecule has 0 aliphatic carbocycles. The van der Waals surface area contributed by atoms with Crippen LogP contribution in [-0.2, 0) is 17.8 Å². The number of rotatable bonds is 10. The Morgan fingerprint density at radius 3 is 2.62 bits per heavy atom. The lowest BCUT2D eigenvalue weighted by molar-refractivity contribution is 0.143. The van der Waals surface area contributed by atoms with Crippen molar-refractivity contribution in [1.29, 1.82) is 0 Å². The summed E-state index contributed by atoms with van der Waals surface area (Å²) in [5.74, 6) is 1.35. The third-order valence-electron chi connectivity index (χ3n) is 6.67. The highest BCUT2D eigenvalue weighted by Gasteiger charge is 2.14. The number of hydrogen-bond donors (Lipinski definition) is 2. The molecule has 2 aromatic carbocycles. The van der Waals surface area contributed by atoms with E-state index in [1.54, 1.807) is 6.33 Å². The Labute approximate surface area is 227 Å². The van der Waals surface area contributed by atoms with Crippen LogP contribution in [0.2, 0.25) is 0 Å². The monoisotopic (exact) mass is 526 g/mol. The number of ether oxygens (including phenoxy) is 1. The van der Waals surface area contributed by atoms with Crippen molar-refractivity contribution in [3.05, 3.63) is 66.2 Å². The van der Waals surface area contributed by atoms with Gasteiger partial charge in [-0.05, 0) is 51.3 Å². The zero-order valence-electron chi connectivity index (χ0n) is 22.8. The van der Waals surface area contributed by atoms with E-state index in [2.05, 4.69) is 69.1 Å². The molecule has 0 aliphatic heterocycles. The second-order valence-electron chi connectivity index (χ2n) is 9.89. The van der Waals surface area contributed by atoms with E-state index in [9.17, 15) is 4.79 Å². The fourth-order valence-electron chi connectivity index (χ4n) is 4.48. The molecule has 2 N–H and O–H groups in total. The van der Waals surface area contributed by atoms with Crippen LogP contribution in [0.5, 0.6) is 0 Å². The molecule has 10 heteroatoms. The number of fused-ring (bicyclic) bond motifs is 2. The van der Waals surface area contributed by atoms with Crippen LogP contribution in [0.4, 0.5) is 10.6 Å². The van der Waals surface area contributed by atoms with Gasteiger partial charge in [-0.25, -0.2) is 24.7 Å². The van der Waals surface area contributed by atoms with Gasteiger partial charge in [0.1, 0.15) is 5.52 Å². The molecule has 10 nitrogen and oxygen atoms in total. The number of nitrogens with zero attached hydrogens (tertiary/aromatic N) is 6. The summed E-state index contributed by atoms with van der Waals surface area (Å²) in [6.07, 6.45) is 4.75. The van der Waals surface area contributed by atoms with E-state index >= 15 is 0 Å². The summed E-state index contributed by atoms with van der Waals surface area (Å²) in [6, 6.07) is 14.5. The van der Waals surface area contributed by atoms with Crippen LogP contribution >= 0.6 is 0 Å². The Kier molecular flexibility index (Phi) is 7.72. The summed E-state index contributed by atoms with van der Waals surface area (Å²) in [7, 11) is 1.83. The van der Waals surface area contributed by atoms with Gasteiger partial charge in [0.2, 0.25) is 0 Å². The highest BCUT2D eigenvalue weighted by molar-refractivity contribution is 5.85. The largest absolute Gasteiger partial charge is 0.450 e. The molecule has 0 atom stereocenters. The van der Waals surface area contributed by atoms with Crippen LogP contribution in [0.3, 0.4) is 0 Å². The van der Waals surface area contributed by atoms with Gasteiger partial charge in [-0.3, -0.25) is 0 Å². The smallest absolute Gasteiger partial charge is 0.407 e. The molecule has 0 unspecified atom stereocenters. The van der Waals surface area contributed by atoms with Crippen molar-refractivity contribution < 1.29 is 9.53 Å². The van der Waals surface area contributed by atoms with Gasteiger partial charge < -0.3 is 24.5 Å². The van der Waals surface area contributed by atoms with Crippen molar-refractivity contribution >= 4 is 34.1 Å². The molecule has 0 aliphatic rings. The molecule has 0 spiro atoms. The maximum Gasteiger partial charge on any atom is 0.407 e. The number of benzene rings is 2. The third kappa shape index (κ3) is 5.84. The van der Waals surface area contributed by atoms with Gasteiger partial charge in [-0.2, -0.15) is 0 Å². The molecular weight excluding hydrogens is 492 g/mol. The first kappa shape index (κ1) is 26.1. The summed E-state index contributed by atoms with van der Waals surface area (Å²) >= 11 is 0. The summed E-state index contributed by atoms with van der Waals surface area (Å²) in [6.45, 7) is 7.74. The Hall–Kier alpha value is -4.47. The molecule has 3 aromatic heterocycles. The molecule has 0 saturated carbocycles. The minimum absolute atomic E-state index is 0.316. The van der Waals surface area contributed by atoms with Crippen LogP contribution < -0.4 is 10.6 Å². The molecule has 202 valence electrons. The lowest BCUT2D eigenvalue weighted by Gasteiger charge is -2.10. The van der Waals surface area contributed by atoms with Gasteiger partial charge in [0.15, 0.2) is 17.3 Å². The van der Waals surface area contributed by atoms with Crippen LogP contribution in [0, 0.1) is 6.92 Å². The average Bonchev–Trinajstić information content (AvgIpc) is 3.55. The number of unbranched alkanes of at least 4 members (excludes halogenated alkanes) is 1. The molecule has 3 heterocycles. The van der Waals surface area contributed by atoms with E-state index in [1.165, 1.54) is 5.56 Å². The Bertz CT molecular complexity index is 1590. The maximum absolute atomic E-state index is 12.2. The number of hydrogen-bond acceptors (Lipinski definition) is 7. The quantitative estimate of drug-likeness (QED) is 0.232. The minimum Gasteiger partial charge on any atom is -0.450 e. The lowest BCUT2D eigenvalue weighted by atomic mass is 10.1. The van der Waals surface area contributed by atoms with Gasteiger partial charge in [0.25, 0.3) is 0 Å². The van der Waals surface area contributed by atoms with Crippen LogP contribution in [0.25, 0.3) is 33.6 Å². The second kappa shape index (κ2) is 11.5. The van der Waals surface area contributed by atoms with Gasteiger partial charge >= 0.3 is 6.09 Å². The first-order valence-electron chi connectivity index (χ1n) is 13.3.